The van der Waals surface area contributed by atoms with E-state index in [9.17, 15) is 9.59 Å². The highest BCUT2D eigenvalue weighted by molar-refractivity contribution is 9.10. The molecule has 0 spiro atoms. The van der Waals surface area contributed by atoms with E-state index < -0.39 is 11.9 Å². The summed E-state index contributed by atoms with van der Waals surface area (Å²) in [5, 5.41) is 8.94. The largest absolute Gasteiger partial charge is 0.490 e. The predicted molar refractivity (Wildman–Crippen MR) is 97.6 cm³/mol. The number of carbonyl (C=O) groups is 2. The molecule has 2 rings (SSSR count). The number of halogens is 2. The maximum atomic E-state index is 12.3. The van der Waals surface area contributed by atoms with Crippen molar-refractivity contribution in [3.8, 4) is 11.5 Å². The minimum absolute atomic E-state index is 0.0898. The van der Waals surface area contributed by atoms with Gasteiger partial charge in [-0.25, -0.2) is 9.59 Å². The van der Waals surface area contributed by atoms with Crippen molar-refractivity contribution in [2.24, 2.45) is 0 Å². The summed E-state index contributed by atoms with van der Waals surface area (Å²) in [4.78, 5) is 23.2. The molecule has 0 saturated heterocycles. The second-order valence-electron chi connectivity index (χ2n) is 4.83. The Labute approximate surface area is 161 Å². The van der Waals surface area contributed by atoms with E-state index in [4.69, 9.17) is 19.3 Å². The van der Waals surface area contributed by atoms with Crippen molar-refractivity contribution in [3.63, 3.8) is 0 Å². The number of ether oxygens (including phenoxy) is 3. The van der Waals surface area contributed by atoms with E-state index in [1.54, 1.807) is 25.3 Å². The maximum Gasteiger partial charge on any atom is 0.343 e. The summed E-state index contributed by atoms with van der Waals surface area (Å²) in [6, 6.07) is 8.96. The average Bonchev–Trinajstić information content (AvgIpc) is 2.58. The van der Waals surface area contributed by atoms with Gasteiger partial charge < -0.3 is 19.3 Å². The Morgan fingerprint density at radius 3 is 2.16 bits per heavy atom. The molecule has 1 N–H and O–H groups in total. The third-order valence-corrected chi connectivity index (χ3v) is 4.33. The fourth-order valence-corrected chi connectivity index (χ4v) is 2.81. The van der Waals surface area contributed by atoms with Crippen LogP contribution in [0.3, 0.4) is 0 Å². The molecule has 0 atom stereocenters. The van der Waals surface area contributed by atoms with Gasteiger partial charge in [-0.3, -0.25) is 0 Å². The van der Waals surface area contributed by atoms with Crippen molar-refractivity contribution in [2.75, 3.05) is 20.3 Å². The molecule has 0 saturated carbocycles. The Bertz CT molecular complexity index is 791. The van der Waals surface area contributed by atoms with Crippen molar-refractivity contribution in [1.82, 2.24) is 0 Å². The standard InChI is InChI=1S/C17H14Br2O6/c1-23-6-7-24-14-4-3-11(9-12(14)18)17(22)25-15-5-2-10(16(20)21)8-13(15)19/h2-5,8-9H,6-7H2,1H3,(H,20,21). The highest BCUT2D eigenvalue weighted by Crippen LogP contribution is 2.29. The van der Waals surface area contributed by atoms with Gasteiger partial charge in [0.25, 0.3) is 0 Å². The fourth-order valence-electron chi connectivity index (χ4n) is 1.86. The van der Waals surface area contributed by atoms with Crippen molar-refractivity contribution in [1.29, 1.82) is 0 Å². The first-order valence-corrected chi connectivity index (χ1v) is 8.67. The van der Waals surface area contributed by atoms with Gasteiger partial charge >= 0.3 is 11.9 Å². The van der Waals surface area contributed by atoms with Crippen LogP contribution in [-0.2, 0) is 4.74 Å². The lowest BCUT2D eigenvalue weighted by Gasteiger charge is -2.10. The molecule has 2 aromatic carbocycles. The van der Waals surface area contributed by atoms with Gasteiger partial charge in [0, 0.05) is 7.11 Å². The molecule has 0 aliphatic rings. The van der Waals surface area contributed by atoms with Gasteiger partial charge in [-0.15, -0.1) is 0 Å². The lowest BCUT2D eigenvalue weighted by molar-refractivity contribution is 0.0696. The van der Waals surface area contributed by atoms with Gasteiger partial charge in [0.05, 0.1) is 26.7 Å². The second kappa shape index (κ2) is 8.98. The van der Waals surface area contributed by atoms with Crippen LogP contribution < -0.4 is 9.47 Å². The zero-order chi connectivity index (χ0) is 18.4. The molecule has 0 fully saturated rings. The van der Waals surface area contributed by atoms with Gasteiger partial charge in [-0.1, -0.05) is 0 Å². The summed E-state index contributed by atoms with van der Waals surface area (Å²) in [6.07, 6.45) is 0. The van der Waals surface area contributed by atoms with Gasteiger partial charge in [-0.05, 0) is 68.3 Å². The monoisotopic (exact) mass is 472 g/mol. The van der Waals surface area contributed by atoms with Gasteiger partial charge in [0.15, 0.2) is 0 Å². The molecular formula is C17H14Br2O6. The zero-order valence-corrected chi connectivity index (χ0v) is 16.3. The first-order valence-electron chi connectivity index (χ1n) is 7.08. The van der Waals surface area contributed by atoms with Crippen molar-refractivity contribution < 1.29 is 28.9 Å². The van der Waals surface area contributed by atoms with E-state index in [0.717, 1.165) is 0 Å². The van der Waals surface area contributed by atoms with E-state index in [2.05, 4.69) is 31.9 Å². The summed E-state index contributed by atoms with van der Waals surface area (Å²) in [5.74, 6) is -0.827. The van der Waals surface area contributed by atoms with E-state index in [0.29, 0.717) is 33.5 Å². The molecule has 2 aromatic rings. The number of methoxy groups -OCH3 is 1. The van der Waals surface area contributed by atoms with Crippen molar-refractivity contribution in [3.05, 3.63) is 56.5 Å². The number of aromatic carboxylic acids is 1. The molecule has 25 heavy (non-hydrogen) atoms. The fraction of sp³-hybridized carbons (Fsp3) is 0.176. The SMILES string of the molecule is COCCOc1ccc(C(=O)Oc2ccc(C(=O)O)cc2Br)cc1Br. The van der Waals surface area contributed by atoms with E-state index in [-0.39, 0.29) is 11.3 Å². The van der Waals surface area contributed by atoms with Crippen LogP contribution in [0.15, 0.2) is 45.3 Å². The quantitative estimate of drug-likeness (QED) is 0.369. The average molecular weight is 474 g/mol. The lowest BCUT2D eigenvalue weighted by atomic mass is 10.2. The van der Waals surface area contributed by atoms with Crippen LogP contribution in [0.4, 0.5) is 0 Å². The molecule has 8 heteroatoms. The smallest absolute Gasteiger partial charge is 0.343 e. The number of rotatable bonds is 7. The number of hydrogen-bond donors (Lipinski definition) is 1. The molecular weight excluding hydrogens is 460 g/mol. The van der Waals surface area contributed by atoms with Crippen molar-refractivity contribution in [2.45, 2.75) is 0 Å². The summed E-state index contributed by atoms with van der Waals surface area (Å²) in [6.45, 7) is 0.846. The summed E-state index contributed by atoms with van der Waals surface area (Å²) in [5.41, 5.74) is 0.409. The molecule has 6 nitrogen and oxygen atoms in total. The number of carboxylic acid groups (broad SMARTS) is 1. The number of carboxylic acids is 1. The molecule has 0 unspecified atom stereocenters. The van der Waals surface area contributed by atoms with Crippen molar-refractivity contribution >= 4 is 43.8 Å². The molecule has 0 aliphatic carbocycles. The Morgan fingerprint density at radius 1 is 0.960 bits per heavy atom. The summed E-state index contributed by atoms with van der Waals surface area (Å²) < 4.78 is 16.7. The third kappa shape index (κ3) is 5.29. The molecule has 132 valence electrons. The first-order chi connectivity index (χ1) is 11.9. The highest BCUT2D eigenvalue weighted by Gasteiger charge is 2.14. The molecule has 0 radical (unpaired) electrons. The lowest BCUT2D eigenvalue weighted by Crippen LogP contribution is -2.10. The van der Waals surface area contributed by atoms with Crippen LogP contribution >= 0.6 is 31.9 Å². The van der Waals surface area contributed by atoms with Crippen LogP contribution in [-0.4, -0.2) is 37.4 Å². The Morgan fingerprint density at radius 2 is 1.56 bits per heavy atom. The van der Waals surface area contributed by atoms with E-state index in [1.807, 2.05) is 0 Å². The van der Waals surface area contributed by atoms with Gasteiger partial charge in [-0.2, -0.15) is 0 Å². The number of benzene rings is 2. The zero-order valence-electron chi connectivity index (χ0n) is 13.1. The Hall–Kier alpha value is -1.90. The number of carbonyl (C=O) groups excluding carboxylic acids is 1. The molecule has 0 bridgehead atoms. The predicted octanol–water partition coefficient (Wildman–Crippen LogP) is 4.15. The van der Waals surface area contributed by atoms with E-state index >= 15 is 0 Å². The third-order valence-electron chi connectivity index (χ3n) is 3.09. The molecule has 0 aliphatic heterocycles. The minimum Gasteiger partial charge on any atom is -0.490 e. The second-order valence-corrected chi connectivity index (χ2v) is 6.54. The molecule has 0 aromatic heterocycles. The van der Waals surface area contributed by atoms with Crippen LogP contribution in [0.1, 0.15) is 20.7 Å². The number of esters is 1. The van der Waals surface area contributed by atoms with Crippen LogP contribution in [0, 0.1) is 0 Å². The van der Waals surface area contributed by atoms with Gasteiger partial charge in [0.2, 0.25) is 0 Å². The summed E-state index contributed by atoms with van der Waals surface area (Å²) >= 11 is 6.54. The first kappa shape index (κ1) is 19.4. The maximum absolute atomic E-state index is 12.3. The van der Waals surface area contributed by atoms with Crippen LogP contribution in [0.2, 0.25) is 0 Å². The topological polar surface area (TPSA) is 82.1 Å². The highest BCUT2D eigenvalue weighted by atomic mass is 79.9. The molecule has 0 amide bonds. The molecule has 0 heterocycles. The summed E-state index contributed by atoms with van der Waals surface area (Å²) in [7, 11) is 1.58. The van der Waals surface area contributed by atoms with Crippen LogP contribution in [0.25, 0.3) is 0 Å². The normalized spacial score (nSPS) is 10.4. The van der Waals surface area contributed by atoms with Crippen LogP contribution in [0.5, 0.6) is 11.5 Å². The Balaban J connectivity index is 2.10. The van der Waals surface area contributed by atoms with Gasteiger partial charge in [0.1, 0.15) is 18.1 Å². The Kier molecular flexibility index (Phi) is 6.98. The number of hydrogen-bond acceptors (Lipinski definition) is 5. The minimum atomic E-state index is -1.06. The van der Waals surface area contributed by atoms with E-state index in [1.165, 1.54) is 18.2 Å².